The molecule has 8 heteroatoms. The lowest BCUT2D eigenvalue weighted by Gasteiger charge is -2.10. The molecular formula is C16H16N4O3S. The van der Waals surface area contributed by atoms with Crippen molar-refractivity contribution in [3.05, 3.63) is 48.0 Å². The summed E-state index contributed by atoms with van der Waals surface area (Å²) in [4.78, 5) is 0. The zero-order valence-corrected chi connectivity index (χ0v) is 14.0. The Balaban J connectivity index is 1.81. The molecule has 1 heterocycles. The van der Waals surface area contributed by atoms with Gasteiger partial charge in [0.15, 0.2) is 0 Å². The molecule has 0 fully saturated rings. The molecule has 0 amide bonds. The number of thioether (sulfide) groups is 1. The average molecular weight is 344 g/mol. The van der Waals surface area contributed by atoms with Gasteiger partial charge in [-0.25, -0.2) is 0 Å². The Hall–Kier alpha value is -2.74. The minimum Gasteiger partial charge on any atom is -0.508 e. The lowest BCUT2D eigenvalue weighted by atomic mass is 10.2. The van der Waals surface area contributed by atoms with Crippen molar-refractivity contribution < 1.29 is 14.6 Å². The summed E-state index contributed by atoms with van der Waals surface area (Å²) in [6, 6.07) is 12.3. The van der Waals surface area contributed by atoms with Gasteiger partial charge in [0.2, 0.25) is 5.16 Å². The topological polar surface area (TPSA) is 82.3 Å². The summed E-state index contributed by atoms with van der Waals surface area (Å²) >= 11 is 1.48. The number of aromatic nitrogens is 4. The van der Waals surface area contributed by atoms with Crippen molar-refractivity contribution in [1.82, 2.24) is 20.2 Å². The maximum absolute atomic E-state index is 9.39. The Labute approximate surface area is 143 Å². The number of aromatic hydroxyl groups is 1. The van der Waals surface area contributed by atoms with Gasteiger partial charge in [0.1, 0.15) is 17.2 Å². The molecule has 0 bridgehead atoms. The lowest BCUT2D eigenvalue weighted by molar-refractivity contribution is 0.400. The molecule has 0 aliphatic heterocycles. The molecule has 7 nitrogen and oxygen atoms in total. The summed E-state index contributed by atoms with van der Waals surface area (Å²) in [7, 11) is 3.26. The molecule has 0 atom stereocenters. The van der Waals surface area contributed by atoms with E-state index in [1.165, 1.54) is 11.8 Å². The maximum atomic E-state index is 9.39. The molecule has 124 valence electrons. The number of rotatable bonds is 6. The van der Waals surface area contributed by atoms with Crippen LogP contribution in [-0.2, 0) is 5.75 Å². The first-order valence-corrected chi connectivity index (χ1v) is 8.11. The Morgan fingerprint density at radius 1 is 1.08 bits per heavy atom. The van der Waals surface area contributed by atoms with Crippen molar-refractivity contribution in [3.63, 3.8) is 0 Å². The van der Waals surface area contributed by atoms with Crippen LogP contribution in [0.2, 0.25) is 0 Å². The monoisotopic (exact) mass is 344 g/mol. The fourth-order valence-corrected chi connectivity index (χ4v) is 3.03. The third kappa shape index (κ3) is 3.43. The van der Waals surface area contributed by atoms with E-state index >= 15 is 0 Å². The summed E-state index contributed by atoms with van der Waals surface area (Å²) in [6.45, 7) is 0. The van der Waals surface area contributed by atoms with Gasteiger partial charge in [-0.05, 0) is 52.9 Å². The first kappa shape index (κ1) is 16.1. The van der Waals surface area contributed by atoms with Crippen LogP contribution in [0.3, 0.4) is 0 Å². The molecule has 0 aliphatic carbocycles. The largest absolute Gasteiger partial charge is 0.508 e. The normalized spacial score (nSPS) is 10.6. The van der Waals surface area contributed by atoms with E-state index in [-0.39, 0.29) is 5.75 Å². The number of phenols is 1. The van der Waals surface area contributed by atoms with E-state index in [4.69, 9.17) is 9.47 Å². The highest BCUT2D eigenvalue weighted by Crippen LogP contribution is 2.30. The molecule has 2 aromatic carbocycles. The highest BCUT2D eigenvalue weighted by molar-refractivity contribution is 7.98. The van der Waals surface area contributed by atoms with Crippen LogP contribution < -0.4 is 9.47 Å². The minimum absolute atomic E-state index is 0.196. The maximum Gasteiger partial charge on any atom is 0.214 e. The molecule has 0 aliphatic rings. The third-order valence-electron chi connectivity index (χ3n) is 3.38. The van der Waals surface area contributed by atoms with Gasteiger partial charge in [0, 0.05) is 11.3 Å². The molecule has 1 aromatic heterocycles. The number of hydrogen-bond donors (Lipinski definition) is 1. The minimum atomic E-state index is 0.196. The van der Waals surface area contributed by atoms with Gasteiger partial charge >= 0.3 is 0 Å². The van der Waals surface area contributed by atoms with Gasteiger partial charge in [0.05, 0.1) is 19.9 Å². The number of ether oxygens (including phenoxy) is 2. The molecule has 3 rings (SSSR count). The fraction of sp³-hybridized carbons (Fsp3) is 0.188. The standard InChI is InChI=1S/C16H16N4O3S/c1-22-14-7-8-15(23-2)11(9-14)10-24-16-17-18-19-20(16)12-3-5-13(21)6-4-12/h3-9,21H,10H2,1-2H3. The summed E-state index contributed by atoms with van der Waals surface area (Å²) in [5.41, 5.74) is 1.76. The lowest BCUT2D eigenvalue weighted by Crippen LogP contribution is -1.99. The number of tetrazole rings is 1. The van der Waals surface area contributed by atoms with E-state index < -0.39 is 0 Å². The number of phenolic OH excluding ortho intramolecular Hbond substituents is 1. The smallest absolute Gasteiger partial charge is 0.214 e. The Kier molecular flexibility index (Phi) is 4.85. The van der Waals surface area contributed by atoms with Crippen molar-refractivity contribution in [1.29, 1.82) is 0 Å². The summed E-state index contributed by atoms with van der Waals surface area (Å²) in [5.74, 6) is 2.37. The number of nitrogens with zero attached hydrogens (tertiary/aromatic N) is 4. The Bertz CT molecular complexity index is 820. The van der Waals surface area contributed by atoms with Crippen molar-refractivity contribution in [2.24, 2.45) is 0 Å². The Morgan fingerprint density at radius 2 is 1.88 bits per heavy atom. The van der Waals surface area contributed by atoms with Crippen LogP contribution in [0, 0.1) is 0 Å². The van der Waals surface area contributed by atoms with Gasteiger partial charge in [0.25, 0.3) is 0 Å². The highest BCUT2D eigenvalue weighted by atomic mass is 32.2. The van der Waals surface area contributed by atoms with Gasteiger partial charge in [-0.15, -0.1) is 5.10 Å². The van der Waals surface area contributed by atoms with Gasteiger partial charge in [-0.1, -0.05) is 11.8 Å². The quantitative estimate of drug-likeness (QED) is 0.688. The van der Waals surface area contributed by atoms with Crippen LogP contribution in [0.4, 0.5) is 0 Å². The van der Waals surface area contributed by atoms with Gasteiger partial charge in [-0.2, -0.15) is 4.68 Å². The second-order valence-corrected chi connectivity index (χ2v) is 5.80. The van der Waals surface area contributed by atoms with Crippen LogP contribution in [0.15, 0.2) is 47.6 Å². The first-order chi connectivity index (χ1) is 11.7. The molecule has 1 N–H and O–H groups in total. The summed E-state index contributed by atoms with van der Waals surface area (Å²) in [6.07, 6.45) is 0. The van der Waals surface area contributed by atoms with E-state index in [2.05, 4.69) is 15.5 Å². The van der Waals surface area contributed by atoms with Gasteiger partial charge < -0.3 is 14.6 Å². The second kappa shape index (κ2) is 7.22. The number of hydrogen-bond acceptors (Lipinski definition) is 7. The number of benzene rings is 2. The van der Waals surface area contributed by atoms with Crippen LogP contribution in [-0.4, -0.2) is 39.5 Å². The van der Waals surface area contributed by atoms with Crippen molar-refractivity contribution in [2.45, 2.75) is 10.9 Å². The van der Waals surface area contributed by atoms with E-state index in [0.29, 0.717) is 10.9 Å². The molecule has 0 radical (unpaired) electrons. The van der Waals surface area contributed by atoms with E-state index in [0.717, 1.165) is 22.7 Å². The molecule has 0 saturated heterocycles. The summed E-state index contributed by atoms with van der Waals surface area (Å²) in [5, 5.41) is 21.8. The second-order valence-electron chi connectivity index (χ2n) is 4.86. The highest BCUT2D eigenvalue weighted by Gasteiger charge is 2.12. The predicted octanol–water partition coefficient (Wildman–Crippen LogP) is 2.68. The van der Waals surface area contributed by atoms with Crippen molar-refractivity contribution in [2.75, 3.05) is 14.2 Å². The average Bonchev–Trinajstić information content (AvgIpc) is 3.08. The molecule has 3 aromatic rings. The zero-order chi connectivity index (χ0) is 16.9. The number of methoxy groups -OCH3 is 2. The fourth-order valence-electron chi connectivity index (χ4n) is 2.16. The van der Waals surface area contributed by atoms with E-state index in [1.54, 1.807) is 43.2 Å². The third-order valence-corrected chi connectivity index (χ3v) is 4.35. The molecule has 0 unspecified atom stereocenters. The molecular weight excluding hydrogens is 328 g/mol. The predicted molar refractivity (Wildman–Crippen MR) is 89.9 cm³/mol. The van der Waals surface area contributed by atoms with Gasteiger partial charge in [-0.3, -0.25) is 0 Å². The molecule has 0 saturated carbocycles. The van der Waals surface area contributed by atoms with Crippen LogP contribution in [0.25, 0.3) is 5.69 Å². The molecule has 0 spiro atoms. The van der Waals surface area contributed by atoms with Crippen LogP contribution in [0.5, 0.6) is 17.2 Å². The molecule has 24 heavy (non-hydrogen) atoms. The first-order valence-electron chi connectivity index (χ1n) is 7.12. The summed E-state index contributed by atoms with van der Waals surface area (Å²) < 4.78 is 12.3. The SMILES string of the molecule is COc1ccc(OC)c(CSc2nnnn2-c2ccc(O)cc2)c1. The van der Waals surface area contributed by atoms with Crippen LogP contribution in [0.1, 0.15) is 5.56 Å². The van der Waals surface area contributed by atoms with Crippen LogP contribution >= 0.6 is 11.8 Å². The zero-order valence-electron chi connectivity index (χ0n) is 13.2. The van der Waals surface area contributed by atoms with E-state index in [9.17, 15) is 5.11 Å². The van der Waals surface area contributed by atoms with Crippen molar-refractivity contribution >= 4 is 11.8 Å². The van der Waals surface area contributed by atoms with E-state index in [1.807, 2.05) is 18.2 Å². The van der Waals surface area contributed by atoms with Crippen molar-refractivity contribution in [3.8, 4) is 22.9 Å². The Morgan fingerprint density at radius 3 is 2.58 bits per heavy atom.